The summed E-state index contributed by atoms with van der Waals surface area (Å²) in [5, 5.41) is 2.38. The average molecular weight is 780 g/mol. The number of benzene rings is 8. The van der Waals surface area contributed by atoms with Crippen molar-refractivity contribution in [3.8, 4) is 84.6 Å². The van der Waals surface area contributed by atoms with Crippen LogP contribution in [0.3, 0.4) is 0 Å². The predicted octanol–water partition coefficient (Wildman–Crippen LogP) is 14.0. The number of rotatable bonds is 8. The standard InChI is InChI=1S/C56H37N5/c1-6-18-38(19-7-1)49-36-51(59-55(57-49)40-22-10-3-11-23-40)44-32-43(42-30-31-54-48(35-42)47-28-16-17-29-53(47)61(54)46-26-14-5-15-27-46)33-45(34-44)52-37-50(39-20-8-2-9-21-39)58-56(60-52)41-24-12-4-13-25-41/h1-37H. The minimum Gasteiger partial charge on any atom is -0.309 e. The first-order valence-corrected chi connectivity index (χ1v) is 20.5. The molecule has 0 saturated heterocycles. The van der Waals surface area contributed by atoms with Gasteiger partial charge in [-0.25, -0.2) is 19.9 Å². The molecule has 5 nitrogen and oxygen atoms in total. The van der Waals surface area contributed by atoms with E-state index in [9.17, 15) is 0 Å². The Kier molecular flexibility index (Phi) is 9.10. The Morgan fingerprint density at radius 3 is 1.15 bits per heavy atom. The maximum absolute atomic E-state index is 5.28. The number of fused-ring (bicyclic) bond motifs is 3. The van der Waals surface area contributed by atoms with E-state index in [0.29, 0.717) is 11.6 Å². The Labute approximate surface area is 354 Å². The van der Waals surface area contributed by atoms with Gasteiger partial charge in [0.25, 0.3) is 0 Å². The Morgan fingerprint density at radius 2 is 0.639 bits per heavy atom. The lowest BCUT2D eigenvalue weighted by molar-refractivity contribution is 1.18. The zero-order valence-electron chi connectivity index (χ0n) is 33.1. The smallest absolute Gasteiger partial charge is 0.160 e. The maximum Gasteiger partial charge on any atom is 0.160 e. The third-order valence-corrected chi connectivity index (χ3v) is 11.2. The Bertz CT molecular complexity index is 3070. The second-order valence-corrected chi connectivity index (χ2v) is 15.1. The van der Waals surface area contributed by atoms with Crippen LogP contribution < -0.4 is 0 Å². The zero-order valence-corrected chi connectivity index (χ0v) is 33.1. The largest absolute Gasteiger partial charge is 0.309 e. The first kappa shape index (κ1) is 35.8. The van der Waals surface area contributed by atoms with Gasteiger partial charge in [-0.05, 0) is 71.8 Å². The van der Waals surface area contributed by atoms with Crippen LogP contribution in [0.25, 0.3) is 106 Å². The predicted molar refractivity (Wildman–Crippen MR) is 250 cm³/mol. The van der Waals surface area contributed by atoms with Crippen molar-refractivity contribution in [1.29, 1.82) is 0 Å². The molecule has 0 spiro atoms. The fourth-order valence-corrected chi connectivity index (χ4v) is 8.23. The molecule has 0 aliphatic carbocycles. The number of para-hydroxylation sites is 2. The van der Waals surface area contributed by atoms with Crippen LogP contribution in [0, 0.1) is 0 Å². The van der Waals surface area contributed by atoms with Crippen LogP contribution in [0.4, 0.5) is 0 Å². The van der Waals surface area contributed by atoms with Crippen molar-refractivity contribution >= 4 is 21.8 Å². The lowest BCUT2D eigenvalue weighted by Crippen LogP contribution is -1.98. The van der Waals surface area contributed by atoms with Gasteiger partial charge >= 0.3 is 0 Å². The molecule has 0 saturated carbocycles. The quantitative estimate of drug-likeness (QED) is 0.154. The van der Waals surface area contributed by atoms with Gasteiger partial charge in [0.15, 0.2) is 11.6 Å². The fourth-order valence-electron chi connectivity index (χ4n) is 8.23. The monoisotopic (exact) mass is 779 g/mol. The topological polar surface area (TPSA) is 56.5 Å². The summed E-state index contributed by atoms with van der Waals surface area (Å²) in [7, 11) is 0. The molecule has 0 aliphatic heterocycles. The Hall–Kier alpha value is -8.28. The normalized spacial score (nSPS) is 11.3. The molecule has 8 aromatic carbocycles. The minimum atomic E-state index is 0.666. The highest BCUT2D eigenvalue weighted by Crippen LogP contribution is 2.39. The third-order valence-electron chi connectivity index (χ3n) is 11.2. The van der Waals surface area contributed by atoms with E-state index in [2.05, 4.69) is 156 Å². The van der Waals surface area contributed by atoms with E-state index in [-0.39, 0.29) is 0 Å². The molecular formula is C56H37N5. The summed E-state index contributed by atoms with van der Waals surface area (Å²) in [5.41, 5.74) is 14.8. The molecule has 0 amide bonds. The summed E-state index contributed by atoms with van der Waals surface area (Å²) in [6, 6.07) is 78.0. The second-order valence-electron chi connectivity index (χ2n) is 15.1. The molecule has 0 aliphatic rings. The molecule has 0 atom stereocenters. The molecule has 286 valence electrons. The molecule has 0 bridgehead atoms. The number of aromatic nitrogens is 5. The van der Waals surface area contributed by atoms with Gasteiger partial charge in [0.2, 0.25) is 0 Å². The summed E-state index contributed by atoms with van der Waals surface area (Å²) in [5.74, 6) is 1.33. The van der Waals surface area contributed by atoms with Gasteiger partial charge < -0.3 is 4.57 Å². The van der Waals surface area contributed by atoms with Crippen molar-refractivity contribution in [2.45, 2.75) is 0 Å². The van der Waals surface area contributed by atoms with Crippen LogP contribution in [-0.2, 0) is 0 Å². The van der Waals surface area contributed by atoms with Crippen LogP contribution in [0.2, 0.25) is 0 Å². The van der Waals surface area contributed by atoms with Crippen LogP contribution in [-0.4, -0.2) is 24.5 Å². The van der Waals surface area contributed by atoms with Gasteiger partial charge in [0.1, 0.15) is 0 Å². The molecule has 3 heterocycles. The number of nitrogens with zero attached hydrogens (tertiary/aromatic N) is 5. The van der Waals surface area contributed by atoms with Crippen LogP contribution in [0.15, 0.2) is 224 Å². The first-order valence-electron chi connectivity index (χ1n) is 20.5. The van der Waals surface area contributed by atoms with Gasteiger partial charge in [-0.2, -0.15) is 0 Å². The summed E-state index contributed by atoms with van der Waals surface area (Å²) in [4.78, 5) is 20.8. The zero-order chi connectivity index (χ0) is 40.5. The highest BCUT2D eigenvalue weighted by molar-refractivity contribution is 6.10. The van der Waals surface area contributed by atoms with E-state index >= 15 is 0 Å². The van der Waals surface area contributed by atoms with Crippen molar-refractivity contribution in [3.05, 3.63) is 224 Å². The number of hydrogen-bond acceptors (Lipinski definition) is 4. The van der Waals surface area contributed by atoms with Crippen LogP contribution in [0.1, 0.15) is 0 Å². The van der Waals surface area contributed by atoms with Crippen molar-refractivity contribution in [2.24, 2.45) is 0 Å². The molecular weight excluding hydrogens is 743 g/mol. The minimum absolute atomic E-state index is 0.666. The van der Waals surface area contributed by atoms with Gasteiger partial charge in [-0.15, -0.1) is 0 Å². The summed E-state index contributed by atoms with van der Waals surface area (Å²) >= 11 is 0. The van der Waals surface area contributed by atoms with E-state index in [1.807, 2.05) is 72.8 Å². The molecule has 11 rings (SSSR count). The molecule has 5 heteroatoms. The van der Waals surface area contributed by atoms with Crippen molar-refractivity contribution < 1.29 is 0 Å². The van der Waals surface area contributed by atoms with E-state index < -0.39 is 0 Å². The lowest BCUT2D eigenvalue weighted by Gasteiger charge is -2.14. The fraction of sp³-hybridized carbons (Fsp3) is 0. The lowest BCUT2D eigenvalue weighted by atomic mass is 9.95. The Balaban J connectivity index is 1.16. The van der Waals surface area contributed by atoms with Crippen molar-refractivity contribution in [2.75, 3.05) is 0 Å². The van der Waals surface area contributed by atoms with E-state index in [1.165, 1.54) is 16.3 Å². The van der Waals surface area contributed by atoms with Crippen LogP contribution >= 0.6 is 0 Å². The molecule has 3 aromatic heterocycles. The van der Waals surface area contributed by atoms with Crippen LogP contribution in [0.5, 0.6) is 0 Å². The molecule has 11 aromatic rings. The summed E-state index contributed by atoms with van der Waals surface area (Å²) in [6.45, 7) is 0. The molecule has 0 fully saturated rings. The van der Waals surface area contributed by atoms with Gasteiger partial charge in [-0.3, -0.25) is 0 Å². The Morgan fingerprint density at radius 1 is 0.246 bits per heavy atom. The average Bonchev–Trinajstić information content (AvgIpc) is 3.68. The van der Waals surface area contributed by atoms with Gasteiger partial charge in [0, 0.05) is 49.8 Å². The summed E-state index contributed by atoms with van der Waals surface area (Å²) in [6.07, 6.45) is 0. The van der Waals surface area contributed by atoms with Crippen molar-refractivity contribution in [3.63, 3.8) is 0 Å². The molecule has 0 unspecified atom stereocenters. The van der Waals surface area contributed by atoms with E-state index in [4.69, 9.17) is 19.9 Å². The number of hydrogen-bond donors (Lipinski definition) is 0. The SMILES string of the molecule is c1ccc(-c2cc(-c3cc(-c4ccc5c(c4)c4ccccc4n5-c4ccccc4)cc(-c4cc(-c5ccccc5)nc(-c5ccccc5)n4)c3)nc(-c3ccccc3)n2)cc1. The van der Waals surface area contributed by atoms with E-state index in [1.54, 1.807) is 0 Å². The third kappa shape index (κ3) is 6.94. The summed E-state index contributed by atoms with van der Waals surface area (Å²) < 4.78 is 2.35. The molecule has 61 heavy (non-hydrogen) atoms. The van der Waals surface area contributed by atoms with Gasteiger partial charge in [-0.1, -0.05) is 164 Å². The molecule has 0 N–H and O–H groups in total. The molecule has 0 radical (unpaired) electrons. The maximum atomic E-state index is 5.28. The first-order chi connectivity index (χ1) is 30.2. The second kappa shape index (κ2) is 15.5. The van der Waals surface area contributed by atoms with Crippen molar-refractivity contribution in [1.82, 2.24) is 24.5 Å². The van der Waals surface area contributed by atoms with Gasteiger partial charge in [0.05, 0.1) is 33.8 Å². The highest BCUT2D eigenvalue weighted by atomic mass is 15.0. The highest BCUT2D eigenvalue weighted by Gasteiger charge is 2.18. The van der Waals surface area contributed by atoms with E-state index in [0.717, 1.165) is 78.5 Å².